The molecule has 0 spiro atoms. The SMILES string of the molecule is Cc1cc(F)ccc1N1CCC(NCCNc2ncccc2C)CC1. The number of halogens is 1. The van der Waals surface area contributed by atoms with Crippen LogP contribution < -0.4 is 15.5 Å². The van der Waals surface area contributed by atoms with E-state index in [4.69, 9.17) is 0 Å². The summed E-state index contributed by atoms with van der Waals surface area (Å²) in [6, 6.07) is 9.63. The molecule has 0 amide bonds. The highest BCUT2D eigenvalue weighted by Crippen LogP contribution is 2.24. The lowest BCUT2D eigenvalue weighted by Crippen LogP contribution is -2.44. The highest BCUT2D eigenvalue weighted by Gasteiger charge is 2.20. The molecule has 25 heavy (non-hydrogen) atoms. The molecule has 0 saturated carbocycles. The molecule has 0 aliphatic carbocycles. The Bertz CT molecular complexity index is 696. The van der Waals surface area contributed by atoms with Gasteiger partial charge in [0.1, 0.15) is 11.6 Å². The average Bonchev–Trinajstić information content (AvgIpc) is 2.61. The molecule has 2 N–H and O–H groups in total. The molecule has 5 heteroatoms. The summed E-state index contributed by atoms with van der Waals surface area (Å²) < 4.78 is 13.3. The fraction of sp³-hybridized carbons (Fsp3) is 0.450. The Balaban J connectivity index is 1.40. The Morgan fingerprint density at radius 2 is 1.92 bits per heavy atom. The molecule has 2 heterocycles. The van der Waals surface area contributed by atoms with E-state index in [0.717, 1.165) is 56.1 Å². The first-order valence-corrected chi connectivity index (χ1v) is 9.03. The highest BCUT2D eigenvalue weighted by atomic mass is 19.1. The Morgan fingerprint density at radius 1 is 1.12 bits per heavy atom. The van der Waals surface area contributed by atoms with Crippen LogP contribution in [0.1, 0.15) is 24.0 Å². The van der Waals surface area contributed by atoms with Crippen molar-refractivity contribution in [2.24, 2.45) is 0 Å². The highest BCUT2D eigenvalue weighted by molar-refractivity contribution is 5.53. The minimum absolute atomic E-state index is 0.159. The molecule has 2 aromatic rings. The molecule has 0 bridgehead atoms. The molecular weight excluding hydrogens is 315 g/mol. The molecule has 1 aliphatic rings. The fourth-order valence-corrected chi connectivity index (χ4v) is 3.43. The van der Waals surface area contributed by atoms with Crippen molar-refractivity contribution < 1.29 is 4.39 Å². The summed E-state index contributed by atoms with van der Waals surface area (Å²) in [6.07, 6.45) is 4.04. The summed E-state index contributed by atoms with van der Waals surface area (Å²) >= 11 is 0. The van der Waals surface area contributed by atoms with Crippen LogP contribution in [0.15, 0.2) is 36.5 Å². The molecule has 3 rings (SSSR count). The first kappa shape index (κ1) is 17.7. The van der Waals surface area contributed by atoms with Gasteiger partial charge in [0.2, 0.25) is 0 Å². The van der Waals surface area contributed by atoms with Gasteiger partial charge in [0.25, 0.3) is 0 Å². The maximum atomic E-state index is 13.3. The lowest BCUT2D eigenvalue weighted by molar-refractivity contribution is 0.421. The van der Waals surface area contributed by atoms with Crippen molar-refractivity contribution >= 4 is 11.5 Å². The zero-order valence-electron chi connectivity index (χ0n) is 15.1. The zero-order chi connectivity index (χ0) is 17.6. The van der Waals surface area contributed by atoms with E-state index in [1.807, 2.05) is 25.3 Å². The number of anilines is 2. The van der Waals surface area contributed by atoms with E-state index in [1.165, 1.54) is 5.56 Å². The van der Waals surface area contributed by atoms with Crippen LogP contribution in [0.3, 0.4) is 0 Å². The van der Waals surface area contributed by atoms with Crippen molar-refractivity contribution in [3.63, 3.8) is 0 Å². The summed E-state index contributed by atoms with van der Waals surface area (Å²) in [6.45, 7) is 7.86. The molecule has 134 valence electrons. The summed E-state index contributed by atoms with van der Waals surface area (Å²) in [5.41, 5.74) is 3.35. The van der Waals surface area contributed by atoms with E-state index in [2.05, 4.69) is 33.5 Å². The van der Waals surface area contributed by atoms with Crippen LogP contribution in [0.25, 0.3) is 0 Å². The summed E-state index contributed by atoms with van der Waals surface area (Å²) in [7, 11) is 0. The Hall–Kier alpha value is -2.14. The summed E-state index contributed by atoms with van der Waals surface area (Å²) in [5, 5.41) is 7.01. The topological polar surface area (TPSA) is 40.2 Å². The van der Waals surface area contributed by atoms with Crippen LogP contribution in [0.5, 0.6) is 0 Å². The van der Waals surface area contributed by atoms with Gasteiger partial charge in [-0.1, -0.05) is 6.07 Å². The Kier molecular flexibility index (Phi) is 5.87. The van der Waals surface area contributed by atoms with Gasteiger partial charge in [0.05, 0.1) is 0 Å². The van der Waals surface area contributed by atoms with Gasteiger partial charge < -0.3 is 15.5 Å². The van der Waals surface area contributed by atoms with Crippen LogP contribution in [0.2, 0.25) is 0 Å². The largest absolute Gasteiger partial charge is 0.371 e. The van der Waals surface area contributed by atoms with Gasteiger partial charge >= 0.3 is 0 Å². The fourth-order valence-electron chi connectivity index (χ4n) is 3.43. The number of hydrogen-bond acceptors (Lipinski definition) is 4. The second kappa shape index (κ2) is 8.30. The number of nitrogens with zero attached hydrogens (tertiary/aromatic N) is 2. The van der Waals surface area contributed by atoms with Gasteiger partial charge in [-0.3, -0.25) is 0 Å². The summed E-state index contributed by atoms with van der Waals surface area (Å²) in [5.74, 6) is 0.805. The normalized spacial score (nSPS) is 15.4. The minimum Gasteiger partial charge on any atom is -0.371 e. The second-order valence-corrected chi connectivity index (χ2v) is 6.74. The third-order valence-electron chi connectivity index (χ3n) is 4.85. The Morgan fingerprint density at radius 3 is 2.64 bits per heavy atom. The standard InChI is InChI=1S/C20H27FN4/c1-15-4-3-9-23-20(15)24-11-10-22-18-7-12-25(13-8-18)19-6-5-17(21)14-16(19)2/h3-6,9,14,18,22H,7-8,10-13H2,1-2H3,(H,23,24). The summed E-state index contributed by atoms with van der Waals surface area (Å²) in [4.78, 5) is 6.71. The number of hydrogen-bond donors (Lipinski definition) is 2. The number of benzene rings is 1. The monoisotopic (exact) mass is 342 g/mol. The predicted octanol–water partition coefficient (Wildman–Crippen LogP) is 3.51. The number of rotatable bonds is 6. The predicted molar refractivity (Wildman–Crippen MR) is 102 cm³/mol. The van der Waals surface area contributed by atoms with Crippen molar-refractivity contribution in [3.8, 4) is 0 Å². The smallest absolute Gasteiger partial charge is 0.128 e. The molecule has 0 unspecified atom stereocenters. The van der Waals surface area contributed by atoms with Crippen molar-refractivity contribution in [2.75, 3.05) is 36.4 Å². The molecule has 1 saturated heterocycles. The van der Waals surface area contributed by atoms with Gasteiger partial charge in [0.15, 0.2) is 0 Å². The Labute approximate surface area is 149 Å². The van der Waals surface area contributed by atoms with Gasteiger partial charge in [-0.15, -0.1) is 0 Å². The molecule has 1 aliphatic heterocycles. The molecule has 1 aromatic heterocycles. The minimum atomic E-state index is -0.159. The van der Waals surface area contributed by atoms with Crippen LogP contribution in [0, 0.1) is 19.7 Å². The molecule has 4 nitrogen and oxygen atoms in total. The van der Waals surface area contributed by atoms with E-state index >= 15 is 0 Å². The lowest BCUT2D eigenvalue weighted by Gasteiger charge is -2.35. The average molecular weight is 342 g/mol. The molecule has 0 radical (unpaired) electrons. The first-order chi connectivity index (χ1) is 12.1. The molecular formula is C20H27FN4. The van der Waals surface area contributed by atoms with Gasteiger partial charge in [-0.2, -0.15) is 0 Å². The molecule has 1 aromatic carbocycles. The quantitative estimate of drug-likeness (QED) is 0.788. The number of piperidine rings is 1. The third-order valence-corrected chi connectivity index (χ3v) is 4.85. The maximum Gasteiger partial charge on any atom is 0.128 e. The second-order valence-electron chi connectivity index (χ2n) is 6.74. The molecule has 0 atom stereocenters. The lowest BCUT2D eigenvalue weighted by atomic mass is 10.0. The van der Waals surface area contributed by atoms with Crippen molar-refractivity contribution in [2.45, 2.75) is 32.7 Å². The van der Waals surface area contributed by atoms with E-state index in [-0.39, 0.29) is 5.82 Å². The van der Waals surface area contributed by atoms with Crippen molar-refractivity contribution in [1.82, 2.24) is 10.3 Å². The van der Waals surface area contributed by atoms with Crippen LogP contribution >= 0.6 is 0 Å². The van der Waals surface area contributed by atoms with Crippen LogP contribution in [-0.2, 0) is 0 Å². The molecule has 1 fully saturated rings. The van der Waals surface area contributed by atoms with Gasteiger partial charge in [-0.05, 0) is 62.1 Å². The number of pyridine rings is 1. The van der Waals surface area contributed by atoms with E-state index in [9.17, 15) is 4.39 Å². The van der Waals surface area contributed by atoms with E-state index < -0.39 is 0 Å². The zero-order valence-corrected chi connectivity index (χ0v) is 15.1. The van der Waals surface area contributed by atoms with Crippen molar-refractivity contribution in [3.05, 3.63) is 53.5 Å². The number of aromatic nitrogens is 1. The first-order valence-electron chi connectivity index (χ1n) is 9.03. The number of nitrogens with one attached hydrogen (secondary N) is 2. The van der Waals surface area contributed by atoms with E-state index in [1.54, 1.807) is 12.1 Å². The maximum absolute atomic E-state index is 13.3. The van der Waals surface area contributed by atoms with Gasteiger partial charge in [0, 0.05) is 44.1 Å². The van der Waals surface area contributed by atoms with Gasteiger partial charge in [-0.25, -0.2) is 9.37 Å². The van der Waals surface area contributed by atoms with E-state index in [0.29, 0.717) is 6.04 Å². The third kappa shape index (κ3) is 4.69. The van der Waals surface area contributed by atoms with Crippen LogP contribution in [-0.4, -0.2) is 37.2 Å². The van der Waals surface area contributed by atoms with Crippen molar-refractivity contribution in [1.29, 1.82) is 0 Å². The number of aryl methyl sites for hydroxylation is 2. The van der Waals surface area contributed by atoms with Crippen LogP contribution in [0.4, 0.5) is 15.9 Å².